The smallest absolute Gasteiger partial charge is 0.248 e. The number of nitrogens with one attached hydrogen (secondary N) is 2. The molecule has 2 N–H and O–H groups in total. The van der Waals surface area contributed by atoms with Gasteiger partial charge < -0.3 is 15.5 Å². The number of fused-ring (bicyclic) bond motifs is 1. The summed E-state index contributed by atoms with van der Waals surface area (Å²) in [5.74, 6) is -2.42. The van der Waals surface area contributed by atoms with Gasteiger partial charge in [-0.3, -0.25) is 29.0 Å². The van der Waals surface area contributed by atoms with Gasteiger partial charge in [0, 0.05) is 35.7 Å². The molecule has 2 unspecified atom stereocenters. The minimum Gasteiger partial charge on any atom is -0.362 e. The molecule has 67 heavy (non-hydrogen) atoms. The Balaban J connectivity index is 0.000000207. The zero-order valence-corrected chi connectivity index (χ0v) is 39.3. The van der Waals surface area contributed by atoms with Gasteiger partial charge in [0.15, 0.2) is 0 Å². The van der Waals surface area contributed by atoms with E-state index < -0.39 is 29.6 Å². The zero-order valence-electron chi connectivity index (χ0n) is 38.6. The number of hydrogen-bond donors (Lipinski definition) is 2. The van der Waals surface area contributed by atoms with E-state index >= 15 is 0 Å². The van der Waals surface area contributed by atoms with E-state index in [9.17, 15) is 28.0 Å². The molecule has 0 radical (unpaired) electrons. The number of alkyl halides is 1. The van der Waals surface area contributed by atoms with Crippen molar-refractivity contribution in [1.29, 1.82) is 0 Å². The molecule has 2 aliphatic carbocycles. The van der Waals surface area contributed by atoms with Crippen LogP contribution in [0.2, 0.25) is 0 Å². The number of aryl methyl sites for hydroxylation is 3. The minimum atomic E-state index is -0.925. The molecule has 3 aliphatic rings. The first-order valence-electron chi connectivity index (χ1n) is 23.8. The number of carbonyl (C=O) groups is 4. The molecule has 4 amide bonds. The Labute approximate surface area is 398 Å². The van der Waals surface area contributed by atoms with Crippen LogP contribution in [0.25, 0.3) is 0 Å². The van der Waals surface area contributed by atoms with Gasteiger partial charge >= 0.3 is 0 Å². The van der Waals surface area contributed by atoms with Crippen LogP contribution in [0.4, 0.5) is 25.8 Å². The van der Waals surface area contributed by atoms with E-state index in [1.165, 1.54) is 58.5 Å². The maximum atomic E-state index is 14.5. The fourth-order valence-corrected chi connectivity index (χ4v) is 9.97. The highest BCUT2D eigenvalue weighted by atomic mass is 35.5. The van der Waals surface area contributed by atoms with Gasteiger partial charge in [-0.05, 0) is 123 Å². The lowest BCUT2D eigenvalue weighted by Gasteiger charge is -2.37. The van der Waals surface area contributed by atoms with Crippen molar-refractivity contribution >= 4 is 52.3 Å². The predicted molar refractivity (Wildman–Crippen MR) is 263 cm³/mol. The monoisotopic (exact) mass is 929 g/mol. The van der Waals surface area contributed by atoms with Crippen molar-refractivity contribution in [3.8, 4) is 0 Å². The normalized spacial score (nSPS) is 16.0. The van der Waals surface area contributed by atoms with Crippen LogP contribution in [0.5, 0.6) is 0 Å². The second kappa shape index (κ2) is 23.6. The van der Waals surface area contributed by atoms with Gasteiger partial charge in [-0.1, -0.05) is 117 Å². The van der Waals surface area contributed by atoms with Crippen LogP contribution in [0.1, 0.15) is 111 Å². The van der Waals surface area contributed by atoms with Crippen molar-refractivity contribution in [3.63, 3.8) is 0 Å². The van der Waals surface area contributed by atoms with Crippen LogP contribution in [0, 0.1) is 25.5 Å². The van der Waals surface area contributed by atoms with Gasteiger partial charge in [0.05, 0.1) is 6.54 Å². The lowest BCUT2D eigenvalue weighted by molar-refractivity contribution is -0.127. The first kappa shape index (κ1) is 48.9. The van der Waals surface area contributed by atoms with Crippen LogP contribution in [0.3, 0.4) is 0 Å². The molecule has 9 nitrogen and oxygen atoms in total. The van der Waals surface area contributed by atoms with Gasteiger partial charge in [-0.15, -0.1) is 11.6 Å². The fourth-order valence-electron chi connectivity index (χ4n) is 9.84. The summed E-state index contributed by atoms with van der Waals surface area (Å²) in [6.45, 7) is 4.70. The zero-order chi connectivity index (χ0) is 47.3. The first-order chi connectivity index (χ1) is 32.5. The van der Waals surface area contributed by atoms with Gasteiger partial charge in [0.2, 0.25) is 23.6 Å². The summed E-state index contributed by atoms with van der Waals surface area (Å²) in [4.78, 5) is 59.5. The summed E-state index contributed by atoms with van der Waals surface area (Å²) >= 11 is 5.89. The van der Waals surface area contributed by atoms with Crippen molar-refractivity contribution in [3.05, 3.63) is 161 Å². The Bertz CT molecular complexity index is 2490. The maximum Gasteiger partial charge on any atom is 0.248 e. The fraction of sp³-hybridized carbons (Fsp3) is 0.382. The summed E-state index contributed by atoms with van der Waals surface area (Å²) < 4.78 is 28.5. The molecule has 0 saturated heterocycles. The SMILES string of the molecule is Cc1ccccc1C(C(=O)NC1CCCCC1)N(C(=O)CCl)c1cccc(F)c1.Cc1ccccc1C(C(=O)NC1CCCCC1)N(C(=O)CN1CCCc2ccccc21)c1cccc(F)c1. The number of hydrogen-bond acceptors (Lipinski definition) is 5. The van der Waals surface area contributed by atoms with Crippen LogP contribution in [0.15, 0.2) is 121 Å². The van der Waals surface area contributed by atoms with Crippen molar-refractivity contribution < 1.29 is 28.0 Å². The number of amides is 4. The van der Waals surface area contributed by atoms with Crippen molar-refractivity contribution in [1.82, 2.24) is 10.6 Å². The molecular weight excluding hydrogens is 868 g/mol. The van der Waals surface area contributed by atoms with Gasteiger partial charge in [-0.2, -0.15) is 0 Å². The highest BCUT2D eigenvalue weighted by Crippen LogP contribution is 2.34. The molecule has 0 aromatic heterocycles. The van der Waals surface area contributed by atoms with Gasteiger partial charge in [0.25, 0.3) is 0 Å². The van der Waals surface area contributed by atoms with E-state index in [1.54, 1.807) is 18.2 Å². The lowest BCUT2D eigenvalue weighted by atomic mass is 9.93. The van der Waals surface area contributed by atoms with Crippen molar-refractivity contribution in [2.24, 2.45) is 0 Å². The summed E-state index contributed by atoms with van der Waals surface area (Å²) in [6, 6.07) is 33.3. The molecule has 5 aromatic carbocycles. The summed E-state index contributed by atoms with van der Waals surface area (Å²) in [7, 11) is 0. The van der Waals surface area contributed by atoms with Gasteiger partial charge in [-0.25, -0.2) is 8.78 Å². The van der Waals surface area contributed by atoms with Crippen molar-refractivity contribution in [2.45, 2.75) is 115 Å². The molecule has 0 spiro atoms. The Morgan fingerprint density at radius 1 is 0.597 bits per heavy atom. The molecule has 0 bridgehead atoms. The molecule has 1 heterocycles. The van der Waals surface area contributed by atoms with Crippen molar-refractivity contribution in [2.75, 3.05) is 33.7 Å². The topological polar surface area (TPSA) is 102 Å². The molecule has 1 aliphatic heterocycles. The molecule has 2 atom stereocenters. The second-order valence-corrected chi connectivity index (χ2v) is 18.2. The number of carbonyl (C=O) groups excluding carboxylic acids is 4. The average molecular weight is 931 g/mol. The van der Waals surface area contributed by atoms with E-state index in [4.69, 9.17) is 11.6 Å². The summed E-state index contributed by atoms with van der Waals surface area (Å²) in [6.07, 6.45) is 12.3. The number of nitrogens with zero attached hydrogens (tertiary/aromatic N) is 3. The summed E-state index contributed by atoms with van der Waals surface area (Å²) in [5.41, 5.74) is 6.18. The second-order valence-electron chi connectivity index (χ2n) is 18.0. The first-order valence-corrected chi connectivity index (χ1v) is 24.3. The number of rotatable bonds is 13. The number of para-hydroxylation sites is 1. The van der Waals surface area contributed by atoms with E-state index in [2.05, 4.69) is 21.6 Å². The Kier molecular flexibility index (Phi) is 17.2. The predicted octanol–water partition coefficient (Wildman–Crippen LogP) is 11.0. The quantitative estimate of drug-likeness (QED) is 0.115. The molecule has 5 aromatic rings. The molecule has 352 valence electrons. The maximum absolute atomic E-state index is 14.5. The summed E-state index contributed by atoms with van der Waals surface area (Å²) in [5, 5.41) is 6.36. The van der Waals surface area contributed by atoms with Gasteiger partial charge in [0.1, 0.15) is 29.6 Å². The van der Waals surface area contributed by atoms with E-state index in [0.29, 0.717) is 16.9 Å². The van der Waals surface area contributed by atoms with E-state index in [0.717, 1.165) is 93.1 Å². The third-order valence-electron chi connectivity index (χ3n) is 13.2. The standard InChI is InChI=1S/C32H36FN3O2.C23H26ClFN2O2/c1-23-11-5-7-18-28(23)31(32(38)34-26-15-3-2-4-16-26)36(27-17-9-14-25(33)21-27)30(37)22-35-20-10-13-24-12-6-8-19-29(24)35;1-16-8-5-6-13-20(16)22(23(29)26-18-10-3-2-4-11-18)27(21(28)15-24)19-12-7-9-17(25)14-19/h5-9,11-12,14,17-19,21,26,31H,2-4,10,13,15-16,20,22H2,1H3,(H,34,38);5-9,12-14,18,22H,2-4,10-11,15H2,1H3,(H,26,29). The molecule has 8 rings (SSSR count). The van der Waals surface area contributed by atoms with Crippen LogP contribution >= 0.6 is 11.6 Å². The average Bonchev–Trinajstić information content (AvgIpc) is 3.33. The lowest BCUT2D eigenvalue weighted by Crippen LogP contribution is -2.50. The third kappa shape index (κ3) is 12.5. The van der Waals surface area contributed by atoms with Crippen LogP contribution in [-0.2, 0) is 25.6 Å². The third-order valence-corrected chi connectivity index (χ3v) is 13.5. The molecular formula is C55H62ClF2N5O4. The Hall–Kier alpha value is -6.07. The number of halogens is 3. The molecule has 2 saturated carbocycles. The Morgan fingerprint density at radius 3 is 1.54 bits per heavy atom. The van der Waals surface area contributed by atoms with Crippen LogP contribution < -0.4 is 25.3 Å². The highest BCUT2D eigenvalue weighted by Gasteiger charge is 2.37. The highest BCUT2D eigenvalue weighted by molar-refractivity contribution is 6.30. The minimum absolute atomic E-state index is 0.0844. The largest absolute Gasteiger partial charge is 0.362 e. The molecule has 12 heteroatoms. The number of benzene rings is 5. The van der Waals surface area contributed by atoms with E-state index in [-0.39, 0.29) is 42.2 Å². The van der Waals surface area contributed by atoms with E-state index in [1.807, 2.05) is 80.6 Å². The Morgan fingerprint density at radius 2 is 1.06 bits per heavy atom. The van der Waals surface area contributed by atoms with Crippen LogP contribution in [-0.4, -0.2) is 54.7 Å². The number of anilines is 3. The molecule has 2 fully saturated rings.